The molecule has 0 amide bonds. The summed E-state index contributed by atoms with van der Waals surface area (Å²) in [6.07, 6.45) is 0. The third-order valence-corrected chi connectivity index (χ3v) is 7.12. The number of aryl methyl sites for hydroxylation is 3. The van der Waals surface area contributed by atoms with Crippen LogP contribution in [0.25, 0.3) is 10.2 Å². The molecule has 0 saturated carbocycles. The van der Waals surface area contributed by atoms with E-state index in [9.17, 15) is 0 Å². The number of hydrogen-bond acceptors (Lipinski definition) is 8. The van der Waals surface area contributed by atoms with Gasteiger partial charge in [-0.25, -0.2) is 9.97 Å². The lowest BCUT2D eigenvalue weighted by Crippen LogP contribution is -2.36. The summed E-state index contributed by atoms with van der Waals surface area (Å²) in [6, 6.07) is 0. The smallest absolute Gasteiger partial charge is 0.146 e. The first-order chi connectivity index (χ1) is 15.0. The van der Waals surface area contributed by atoms with Gasteiger partial charge in [0, 0.05) is 42.9 Å². The van der Waals surface area contributed by atoms with Gasteiger partial charge < -0.3 is 14.8 Å². The lowest BCUT2D eigenvalue weighted by molar-refractivity contribution is 0.0331. The summed E-state index contributed by atoms with van der Waals surface area (Å²) < 4.78 is 12.7. The highest BCUT2D eigenvalue weighted by atomic mass is 32.1. The fraction of sp³-hybridized carbons (Fsp3) is 0.591. The number of aromatic nitrogens is 4. The number of thiophene rings is 1. The van der Waals surface area contributed by atoms with Gasteiger partial charge in [-0.05, 0) is 33.3 Å². The first kappa shape index (κ1) is 22.1. The van der Waals surface area contributed by atoms with Crippen LogP contribution in [0, 0.1) is 27.7 Å². The first-order valence-corrected chi connectivity index (χ1v) is 11.6. The lowest BCUT2D eigenvalue weighted by atomic mass is 10.2. The normalized spacial score (nSPS) is 15.1. The number of morpholine rings is 1. The van der Waals surface area contributed by atoms with Crippen molar-refractivity contribution in [3.8, 4) is 0 Å². The van der Waals surface area contributed by atoms with Crippen molar-refractivity contribution in [2.45, 2.75) is 47.3 Å². The molecule has 9 heteroatoms. The molecule has 1 aliphatic heterocycles. The number of methoxy groups -OCH3 is 1. The number of nitrogens with one attached hydrogen (secondary N) is 1. The van der Waals surface area contributed by atoms with Crippen LogP contribution in [0.1, 0.15) is 33.2 Å². The highest BCUT2D eigenvalue weighted by molar-refractivity contribution is 7.18. The van der Waals surface area contributed by atoms with Crippen LogP contribution in [0.4, 0.5) is 5.82 Å². The summed E-state index contributed by atoms with van der Waals surface area (Å²) in [6.45, 7) is 14.7. The van der Waals surface area contributed by atoms with Gasteiger partial charge in [-0.3, -0.25) is 9.58 Å². The molecule has 1 aliphatic rings. The summed E-state index contributed by atoms with van der Waals surface area (Å²) in [5.74, 6) is 1.78. The van der Waals surface area contributed by atoms with Gasteiger partial charge in [-0.1, -0.05) is 0 Å². The van der Waals surface area contributed by atoms with Crippen molar-refractivity contribution in [3.63, 3.8) is 0 Å². The highest BCUT2D eigenvalue weighted by Crippen LogP contribution is 2.34. The number of anilines is 1. The van der Waals surface area contributed by atoms with Crippen molar-refractivity contribution in [3.05, 3.63) is 33.2 Å². The van der Waals surface area contributed by atoms with E-state index < -0.39 is 0 Å². The average molecular weight is 445 g/mol. The Balaban J connectivity index is 1.61. The third kappa shape index (κ3) is 4.74. The number of fused-ring (bicyclic) bond motifs is 1. The molecule has 4 heterocycles. The molecule has 0 unspecified atom stereocenters. The molecular formula is C22H32N6O2S. The van der Waals surface area contributed by atoms with Crippen molar-refractivity contribution in [2.75, 3.05) is 45.3 Å². The maximum absolute atomic E-state index is 5.48. The van der Waals surface area contributed by atoms with Gasteiger partial charge in [-0.15, -0.1) is 11.3 Å². The van der Waals surface area contributed by atoms with E-state index in [0.717, 1.165) is 66.9 Å². The van der Waals surface area contributed by atoms with Gasteiger partial charge in [0.25, 0.3) is 0 Å². The van der Waals surface area contributed by atoms with Crippen molar-refractivity contribution in [1.29, 1.82) is 0 Å². The molecule has 1 saturated heterocycles. The third-order valence-electron chi connectivity index (χ3n) is 6.01. The molecule has 0 atom stereocenters. The molecule has 0 aliphatic carbocycles. The molecule has 0 radical (unpaired) electrons. The van der Waals surface area contributed by atoms with Gasteiger partial charge in [0.15, 0.2) is 0 Å². The minimum absolute atomic E-state index is 0.652. The highest BCUT2D eigenvalue weighted by Gasteiger charge is 2.19. The minimum atomic E-state index is 0.652. The monoisotopic (exact) mass is 444 g/mol. The van der Waals surface area contributed by atoms with E-state index in [1.165, 1.54) is 21.7 Å². The Bertz CT molecular complexity index is 1050. The molecule has 4 rings (SSSR count). The van der Waals surface area contributed by atoms with Crippen LogP contribution in [0.2, 0.25) is 0 Å². The summed E-state index contributed by atoms with van der Waals surface area (Å²) in [5.41, 5.74) is 4.67. The van der Waals surface area contributed by atoms with E-state index in [-0.39, 0.29) is 0 Å². The quantitative estimate of drug-likeness (QED) is 0.572. The number of ether oxygens (including phenoxy) is 2. The molecule has 168 valence electrons. The maximum Gasteiger partial charge on any atom is 0.146 e. The van der Waals surface area contributed by atoms with E-state index in [0.29, 0.717) is 13.2 Å². The van der Waals surface area contributed by atoms with Gasteiger partial charge in [0.1, 0.15) is 16.5 Å². The van der Waals surface area contributed by atoms with Crippen molar-refractivity contribution >= 4 is 27.4 Å². The SMILES string of the molecule is COCCn1nc(C)c(CNc2nc(CN3CCOCC3)nc3sc(C)c(C)c23)c1C. The van der Waals surface area contributed by atoms with E-state index in [1.54, 1.807) is 18.4 Å². The summed E-state index contributed by atoms with van der Waals surface area (Å²) in [4.78, 5) is 14.5. The van der Waals surface area contributed by atoms with Crippen LogP contribution in [0.15, 0.2) is 0 Å². The average Bonchev–Trinajstić information content (AvgIpc) is 3.20. The first-order valence-electron chi connectivity index (χ1n) is 10.8. The fourth-order valence-corrected chi connectivity index (χ4v) is 5.06. The van der Waals surface area contributed by atoms with Crippen LogP contribution in [-0.2, 0) is 29.1 Å². The minimum Gasteiger partial charge on any atom is -0.383 e. The topological polar surface area (TPSA) is 77.3 Å². The lowest BCUT2D eigenvalue weighted by Gasteiger charge is -2.25. The maximum atomic E-state index is 5.48. The Hall–Kier alpha value is -2.07. The second kappa shape index (κ2) is 9.60. The molecular weight excluding hydrogens is 412 g/mol. The zero-order chi connectivity index (χ0) is 22.0. The van der Waals surface area contributed by atoms with Crippen LogP contribution in [-0.4, -0.2) is 64.7 Å². The summed E-state index contributed by atoms with van der Waals surface area (Å²) in [5, 5.41) is 9.44. The predicted octanol–water partition coefficient (Wildman–Crippen LogP) is 3.21. The van der Waals surface area contributed by atoms with Gasteiger partial charge in [0.2, 0.25) is 0 Å². The Morgan fingerprint density at radius 2 is 1.90 bits per heavy atom. The summed E-state index contributed by atoms with van der Waals surface area (Å²) >= 11 is 1.75. The van der Waals surface area contributed by atoms with Crippen LogP contribution < -0.4 is 5.32 Å². The molecule has 31 heavy (non-hydrogen) atoms. The van der Waals surface area contributed by atoms with Crippen LogP contribution in [0.3, 0.4) is 0 Å². The number of nitrogens with zero attached hydrogens (tertiary/aromatic N) is 5. The largest absolute Gasteiger partial charge is 0.383 e. The van der Waals surface area contributed by atoms with Crippen molar-refractivity contribution in [2.24, 2.45) is 0 Å². The van der Waals surface area contributed by atoms with Crippen LogP contribution in [0.5, 0.6) is 0 Å². The second-order valence-corrected chi connectivity index (χ2v) is 9.26. The number of hydrogen-bond donors (Lipinski definition) is 1. The Labute approximate surface area is 187 Å². The van der Waals surface area contributed by atoms with Crippen molar-refractivity contribution < 1.29 is 9.47 Å². The van der Waals surface area contributed by atoms with E-state index in [1.807, 2.05) is 4.68 Å². The van der Waals surface area contributed by atoms with Gasteiger partial charge in [-0.2, -0.15) is 5.10 Å². The summed E-state index contributed by atoms with van der Waals surface area (Å²) in [7, 11) is 1.72. The predicted molar refractivity (Wildman–Crippen MR) is 124 cm³/mol. The fourth-order valence-electron chi connectivity index (χ4n) is 4.01. The molecule has 8 nitrogen and oxygen atoms in total. The molecule has 3 aromatic heterocycles. The molecule has 1 fully saturated rings. The molecule has 0 aromatic carbocycles. The van der Waals surface area contributed by atoms with Crippen LogP contribution >= 0.6 is 11.3 Å². The van der Waals surface area contributed by atoms with E-state index in [2.05, 4.69) is 43.0 Å². The Kier molecular flexibility index (Phi) is 6.86. The van der Waals surface area contributed by atoms with E-state index in [4.69, 9.17) is 19.4 Å². The standard InChI is InChI=1S/C22H32N6O2S/c1-14-17(4)31-22-20(14)21(24-19(25-22)13-27-6-10-30-11-7-27)23-12-18-15(2)26-28(16(18)3)8-9-29-5/h6-13H2,1-5H3,(H,23,24,25). The molecule has 0 spiro atoms. The van der Waals surface area contributed by atoms with Gasteiger partial charge >= 0.3 is 0 Å². The second-order valence-electron chi connectivity index (χ2n) is 8.06. The number of rotatable bonds is 8. The van der Waals surface area contributed by atoms with Gasteiger partial charge in [0.05, 0.1) is 44.0 Å². The Morgan fingerprint density at radius 1 is 1.13 bits per heavy atom. The molecule has 1 N–H and O–H groups in total. The van der Waals surface area contributed by atoms with E-state index >= 15 is 0 Å². The zero-order valence-electron chi connectivity index (χ0n) is 19.1. The Morgan fingerprint density at radius 3 is 2.65 bits per heavy atom. The zero-order valence-corrected chi connectivity index (χ0v) is 19.9. The van der Waals surface area contributed by atoms with Crippen molar-refractivity contribution in [1.82, 2.24) is 24.6 Å². The molecule has 0 bridgehead atoms. The molecule has 3 aromatic rings.